The van der Waals surface area contributed by atoms with Gasteiger partial charge in [0.15, 0.2) is 5.96 Å². The number of hydrogen-bond acceptors (Lipinski definition) is 3. The van der Waals surface area contributed by atoms with E-state index in [1.807, 2.05) is 18.2 Å². The first-order chi connectivity index (χ1) is 11.3. The lowest BCUT2D eigenvalue weighted by molar-refractivity contribution is 0.114. The van der Waals surface area contributed by atoms with Crippen LogP contribution in [0.5, 0.6) is 0 Å². The monoisotopic (exact) mass is 312 g/mol. The highest BCUT2D eigenvalue weighted by molar-refractivity contribution is 5.80. The maximum atomic E-state index is 5.61. The summed E-state index contributed by atoms with van der Waals surface area (Å²) in [6, 6.07) is 12.4. The summed E-state index contributed by atoms with van der Waals surface area (Å²) in [5, 5.41) is 7.83. The lowest BCUT2D eigenvalue weighted by atomic mass is 10.2. The van der Waals surface area contributed by atoms with Gasteiger partial charge < -0.3 is 15.4 Å². The maximum Gasteiger partial charge on any atom is 0.191 e. The number of aliphatic imine (C=N–C) groups is 1. The van der Waals surface area contributed by atoms with Gasteiger partial charge in [-0.3, -0.25) is 9.98 Å². The molecule has 0 aliphatic carbocycles. The molecule has 1 saturated heterocycles. The fraction of sp³-hybridized carbons (Fsp3) is 0.444. The number of nitrogens with zero attached hydrogens (tertiary/aromatic N) is 2. The number of guanidine groups is 1. The van der Waals surface area contributed by atoms with E-state index in [9.17, 15) is 0 Å². The van der Waals surface area contributed by atoms with Crippen LogP contribution in [-0.4, -0.2) is 43.8 Å². The molecule has 0 radical (unpaired) electrons. The van der Waals surface area contributed by atoms with Gasteiger partial charge in [-0.2, -0.15) is 0 Å². The highest BCUT2D eigenvalue weighted by atomic mass is 16.5. The van der Waals surface area contributed by atoms with Crippen LogP contribution < -0.4 is 10.6 Å². The smallest absolute Gasteiger partial charge is 0.191 e. The Morgan fingerprint density at radius 2 is 2.17 bits per heavy atom. The molecule has 3 rings (SSSR count). The summed E-state index contributed by atoms with van der Waals surface area (Å²) in [7, 11) is 1.79. The van der Waals surface area contributed by atoms with Crippen molar-refractivity contribution in [2.45, 2.75) is 25.4 Å². The van der Waals surface area contributed by atoms with E-state index < -0.39 is 0 Å². The number of nitrogens with one attached hydrogen (secondary N) is 2. The highest BCUT2D eigenvalue weighted by Crippen LogP contribution is 2.12. The average molecular weight is 312 g/mol. The Bertz CT molecular complexity index is 665. The second-order valence-corrected chi connectivity index (χ2v) is 5.76. The lowest BCUT2D eigenvalue weighted by Gasteiger charge is -2.15. The van der Waals surface area contributed by atoms with Crippen LogP contribution in [0.2, 0.25) is 0 Å². The topological polar surface area (TPSA) is 58.5 Å². The van der Waals surface area contributed by atoms with Crippen molar-refractivity contribution >= 4 is 16.9 Å². The molecule has 1 aromatic heterocycles. The second-order valence-electron chi connectivity index (χ2n) is 5.76. The zero-order chi connectivity index (χ0) is 15.9. The Labute approximate surface area is 137 Å². The van der Waals surface area contributed by atoms with E-state index in [1.165, 1.54) is 5.39 Å². The minimum absolute atomic E-state index is 0.315. The largest absolute Gasteiger partial charge is 0.376 e. The molecule has 0 bridgehead atoms. The van der Waals surface area contributed by atoms with Gasteiger partial charge in [-0.15, -0.1) is 0 Å². The number of benzene rings is 1. The fourth-order valence-electron chi connectivity index (χ4n) is 2.79. The van der Waals surface area contributed by atoms with Gasteiger partial charge in [-0.25, -0.2) is 0 Å². The molecule has 2 N–H and O–H groups in total. The Morgan fingerprint density at radius 3 is 3.00 bits per heavy atom. The molecule has 2 aromatic rings. The second kappa shape index (κ2) is 7.92. The Kier molecular flexibility index (Phi) is 5.42. The third-order valence-corrected chi connectivity index (χ3v) is 4.07. The van der Waals surface area contributed by atoms with Gasteiger partial charge >= 0.3 is 0 Å². The van der Waals surface area contributed by atoms with Gasteiger partial charge in [0.25, 0.3) is 0 Å². The first kappa shape index (κ1) is 15.7. The molecule has 1 unspecified atom stereocenters. The van der Waals surface area contributed by atoms with Crippen LogP contribution in [0.3, 0.4) is 0 Å². The molecular formula is C18H24N4O. The standard InChI is InChI=1S/C18H24N4O/c1-19-18(21-13-16-6-4-12-23-16)20-11-10-15-9-8-14-5-2-3-7-17(14)22-15/h2-3,5,7-9,16H,4,6,10-13H2,1H3,(H2,19,20,21). The summed E-state index contributed by atoms with van der Waals surface area (Å²) in [5.41, 5.74) is 2.14. The van der Waals surface area contributed by atoms with E-state index in [0.717, 1.165) is 56.1 Å². The van der Waals surface area contributed by atoms with Gasteiger partial charge in [0.1, 0.15) is 0 Å². The van der Waals surface area contributed by atoms with Crippen molar-refractivity contribution in [3.05, 3.63) is 42.1 Å². The predicted octanol–water partition coefficient (Wildman–Crippen LogP) is 2.12. The third kappa shape index (κ3) is 4.42. The molecule has 0 amide bonds. The van der Waals surface area contributed by atoms with Crippen LogP contribution in [0, 0.1) is 0 Å². The van der Waals surface area contributed by atoms with Crippen molar-refractivity contribution < 1.29 is 4.74 Å². The van der Waals surface area contributed by atoms with E-state index in [0.29, 0.717) is 6.10 Å². The predicted molar refractivity (Wildman–Crippen MR) is 93.8 cm³/mol. The zero-order valence-corrected chi connectivity index (χ0v) is 13.6. The van der Waals surface area contributed by atoms with Crippen molar-refractivity contribution in [2.75, 3.05) is 26.7 Å². The summed E-state index contributed by atoms with van der Waals surface area (Å²) in [5.74, 6) is 0.821. The molecule has 0 spiro atoms. The number of hydrogen-bond donors (Lipinski definition) is 2. The number of ether oxygens (including phenoxy) is 1. The Morgan fingerprint density at radius 1 is 1.26 bits per heavy atom. The molecule has 1 aliphatic heterocycles. The summed E-state index contributed by atoms with van der Waals surface area (Å²) < 4.78 is 5.61. The first-order valence-corrected chi connectivity index (χ1v) is 8.26. The van der Waals surface area contributed by atoms with Gasteiger partial charge in [-0.05, 0) is 25.0 Å². The minimum Gasteiger partial charge on any atom is -0.376 e. The van der Waals surface area contributed by atoms with Crippen molar-refractivity contribution in [1.29, 1.82) is 0 Å². The quantitative estimate of drug-likeness (QED) is 0.656. The summed E-state index contributed by atoms with van der Waals surface area (Å²) >= 11 is 0. The molecule has 0 saturated carbocycles. The van der Waals surface area contributed by atoms with Gasteiger partial charge in [-0.1, -0.05) is 24.3 Å². The van der Waals surface area contributed by atoms with Crippen molar-refractivity contribution in [2.24, 2.45) is 4.99 Å². The van der Waals surface area contributed by atoms with Gasteiger partial charge in [0.2, 0.25) is 0 Å². The third-order valence-electron chi connectivity index (χ3n) is 4.07. The molecule has 1 fully saturated rings. The van der Waals surface area contributed by atoms with Crippen molar-refractivity contribution in [1.82, 2.24) is 15.6 Å². The SMILES string of the molecule is CN=C(NCCc1ccc2ccccc2n1)NCC1CCCO1. The summed E-state index contributed by atoms with van der Waals surface area (Å²) in [6.45, 7) is 2.50. The van der Waals surface area contributed by atoms with E-state index in [4.69, 9.17) is 4.74 Å². The van der Waals surface area contributed by atoms with E-state index in [2.05, 4.69) is 38.8 Å². The van der Waals surface area contributed by atoms with Gasteiger partial charge in [0, 0.05) is 44.2 Å². The first-order valence-electron chi connectivity index (χ1n) is 8.26. The number of rotatable bonds is 5. The van der Waals surface area contributed by atoms with Crippen LogP contribution in [-0.2, 0) is 11.2 Å². The number of fused-ring (bicyclic) bond motifs is 1. The van der Waals surface area contributed by atoms with Gasteiger partial charge in [0.05, 0.1) is 11.6 Å². The van der Waals surface area contributed by atoms with Crippen LogP contribution in [0.15, 0.2) is 41.4 Å². The summed E-state index contributed by atoms with van der Waals surface area (Å²) in [6.07, 6.45) is 3.47. The Balaban J connectivity index is 1.46. The molecule has 1 aliphatic rings. The number of para-hydroxylation sites is 1. The molecule has 5 nitrogen and oxygen atoms in total. The minimum atomic E-state index is 0.315. The fourth-order valence-corrected chi connectivity index (χ4v) is 2.79. The normalized spacial score (nSPS) is 18.3. The van der Waals surface area contributed by atoms with Crippen LogP contribution in [0.25, 0.3) is 10.9 Å². The van der Waals surface area contributed by atoms with Crippen LogP contribution >= 0.6 is 0 Å². The number of aromatic nitrogens is 1. The van der Waals surface area contributed by atoms with E-state index in [1.54, 1.807) is 7.05 Å². The van der Waals surface area contributed by atoms with E-state index >= 15 is 0 Å². The van der Waals surface area contributed by atoms with Crippen molar-refractivity contribution in [3.63, 3.8) is 0 Å². The summed E-state index contributed by atoms with van der Waals surface area (Å²) in [4.78, 5) is 8.94. The average Bonchev–Trinajstić information content (AvgIpc) is 3.11. The molecule has 23 heavy (non-hydrogen) atoms. The van der Waals surface area contributed by atoms with Crippen LogP contribution in [0.4, 0.5) is 0 Å². The number of pyridine rings is 1. The molecule has 2 heterocycles. The molecule has 122 valence electrons. The molecule has 1 aromatic carbocycles. The molecule has 1 atom stereocenters. The lowest BCUT2D eigenvalue weighted by Crippen LogP contribution is -2.41. The van der Waals surface area contributed by atoms with Crippen LogP contribution in [0.1, 0.15) is 18.5 Å². The highest BCUT2D eigenvalue weighted by Gasteiger charge is 2.15. The maximum absolute atomic E-state index is 5.61. The zero-order valence-electron chi connectivity index (χ0n) is 13.6. The Hall–Kier alpha value is -2.14. The van der Waals surface area contributed by atoms with E-state index in [-0.39, 0.29) is 0 Å². The van der Waals surface area contributed by atoms with Crippen molar-refractivity contribution in [3.8, 4) is 0 Å². The molecular weight excluding hydrogens is 288 g/mol. The molecule has 5 heteroatoms.